The van der Waals surface area contributed by atoms with Crippen molar-refractivity contribution < 1.29 is 0 Å². The van der Waals surface area contributed by atoms with Gasteiger partial charge in [0, 0.05) is 31.1 Å². The third kappa shape index (κ3) is 2.58. The quantitative estimate of drug-likeness (QED) is 0.632. The van der Waals surface area contributed by atoms with Crippen LogP contribution in [-0.2, 0) is 13.6 Å². The zero-order chi connectivity index (χ0) is 14.1. The number of nitrogens with two attached hydrogens (primary N) is 1. The predicted molar refractivity (Wildman–Crippen MR) is 81.3 cm³/mol. The van der Waals surface area contributed by atoms with Crippen molar-refractivity contribution in [3.05, 3.63) is 12.0 Å². The summed E-state index contributed by atoms with van der Waals surface area (Å²) in [6.45, 7) is 5.16. The lowest BCUT2D eigenvalue weighted by Gasteiger charge is -2.29. The van der Waals surface area contributed by atoms with Crippen LogP contribution in [0.3, 0.4) is 0 Å². The van der Waals surface area contributed by atoms with Gasteiger partial charge < -0.3 is 5.43 Å². The van der Waals surface area contributed by atoms with E-state index in [2.05, 4.69) is 32.3 Å². The van der Waals surface area contributed by atoms with Gasteiger partial charge in [-0.2, -0.15) is 16.9 Å². The van der Waals surface area contributed by atoms with E-state index in [0.29, 0.717) is 11.1 Å². The molecular formula is C12H19N7S. The number of nitrogens with zero attached hydrogens (tertiary/aromatic N) is 5. The van der Waals surface area contributed by atoms with E-state index in [9.17, 15) is 0 Å². The molecule has 1 atom stereocenters. The number of hydrazine groups is 1. The summed E-state index contributed by atoms with van der Waals surface area (Å²) in [6, 6.07) is 0. The first kappa shape index (κ1) is 13.6. The molecule has 1 unspecified atom stereocenters. The topological polar surface area (TPSA) is 84.9 Å². The molecule has 1 aliphatic rings. The molecule has 1 saturated heterocycles. The van der Waals surface area contributed by atoms with Crippen LogP contribution in [0, 0.1) is 0 Å². The molecule has 8 heteroatoms. The fourth-order valence-electron chi connectivity index (χ4n) is 2.48. The molecule has 2 aromatic heterocycles. The number of hydrogen-bond donors (Lipinski definition) is 2. The fraction of sp³-hybridized carbons (Fsp3) is 0.583. The first-order chi connectivity index (χ1) is 9.67. The van der Waals surface area contributed by atoms with E-state index in [4.69, 9.17) is 5.84 Å². The molecule has 0 saturated carbocycles. The van der Waals surface area contributed by atoms with Crippen LogP contribution >= 0.6 is 11.8 Å². The average Bonchev–Trinajstić information content (AvgIpc) is 2.80. The second kappa shape index (κ2) is 5.55. The lowest BCUT2D eigenvalue weighted by atomic mass is 10.3. The Labute approximate surface area is 121 Å². The summed E-state index contributed by atoms with van der Waals surface area (Å²) in [7, 11) is 1.87. The second-order valence-corrected chi connectivity index (χ2v) is 6.60. The van der Waals surface area contributed by atoms with Gasteiger partial charge in [0.05, 0.1) is 18.1 Å². The maximum absolute atomic E-state index is 5.56. The van der Waals surface area contributed by atoms with Gasteiger partial charge in [0.25, 0.3) is 0 Å². The van der Waals surface area contributed by atoms with E-state index < -0.39 is 0 Å². The maximum atomic E-state index is 5.56. The van der Waals surface area contributed by atoms with Crippen LogP contribution < -0.4 is 11.3 Å². The number of aromatic nitrogens is 4. The number of aryl methyl sites for hydroxylation is 1. The van der Waals surface area contributed by atoms with E-state index in [-0.39, 0.29) is 0 Å². The first-order valence-electron chi connectivity index (χ1n) is 6.66. The van der Waals surface area contributed by atoms with Crippen molar-refractivity contribution in [1.29, 1.82) is 0 Å². The van der Waals surface area contributed by atoms with Crippen molar-refractivity contribution >= 4 is 28.6 Å². The van der Waals surface area contributed by atoms with Crippen molar-refractivity contribution in [1.82, 2.24) is 24.6 Å². The van der Waals surface area contributed by atoms with Gasteiger partial charge >= 0.3 is 0 Å². The van der Waals surface area contributed by atoms with Crippen molar-refractivity contribution in [3.8, 4) is 0 Å². The molecule has 0 aliphatic carbocycles. The minimum absolute atomic E-state index is 0.637. The van der Waals surface area contributed by atoms with Crippen LogP contribution in [0.5, 0.6) is 0 Å². The van der Waals surface area contributed by atoms with Crippen LogP contribution in [0.15, 0.2) is 6.20 Å². The minimum Gasteiger partial charge on any atom is -0.308 e. The molecule has 0 amide bonds. The van der Waals surface area contributed by atoms with Crippen molar-refractivity contribution in [2.24, 2.45) is 12.9 Å². The number of anilines is 1. The molecule has 2 aromatic rings. The number of nitrogen functional groups attached to an aromatic ring is 1. The van der Waals surface area contributed by atoms with Gasteiger partial charge in [-0.05, 0) is 0 Å². The van der Waals surface area contributed by atoms with E-state index in [1.165, 1.54) is 0 Å². The van der Waals surface area contributed by atoms with E-state index >= 15 is 0 Å². The van der Waals surface area contributed by atoms with Crippen LogP contribution in [0.2, 0.25) is 0 Å². The number of thioether (sulfide) groups is 1. The van der Waals surface area contributed by atoms with Crippen LogP contribution in [0.1, 0.15) is 12.7 Å². The van der Waals surface area contributed by atoms with Crippen molar-refractivity contribution in [2.45, 2.75) is 18.7 Å². The number of hydrogen-bond acceptors (Lipinski definition) is 7. The van der Waals surface area contributed by atoms with Crippen LogP contribution in [-0.4, -0.2) is 48.7 Å². The standard InChI is InChI=1S/C12H19N7S/c1-8-6-19(3-4-20-8)7-10-15-11(17-13)9-5-14-18(2)12(9)16-10/h5,8H,3-4,6-7,13H2,1-2H3,(H,15,16,17). The Balaban J connectivity index is 1.89. The molecular weight excluding hydrogens is 274 g/mol. The molecule has 108 valence electrons. The first-order valence-corrected chi connectivity index (χ1v) is 7.71. The van der Waals surface area contributed by atoms with Crippen molar-refractivity contribution in [2.75, 3.05) is 24.3 Å². The van der Waals surface area contributed by atoms with Gasteiger partial charge in [-0.15, -0.1) is 0 Å². The summed E-state index contributed by atoms with van der Waals surface area (Å²) in [5.74, 6) is 8.14. The SMILES string of the molecule is CC1CN(Cc2nc(NN)c3cnn(C)c3n2)CCS1. The maximum Gasteiger partial charge on any atom is 0.163 e. The number of nitrogens with one attached hydrogen (secondary N) is 1. The monoisotopic (exact) mass is 293 g/mol. The molecule has 0 radical (unpaired) electrons. The second-order valence-electron chi connectivity index (χ2n) is 5.05. The van der Waals surface area contributed by atoms with Crippen molar-refractivity contribution in [3.63, 3.8) is 0 Å². The van der Waals surface area contributed by atoms with Gasteiger partial charge in [0.2, 0.25) is 0 Å². The third-order valence-corrected chi connectivity index (χ3v) is 4.60. The molecule has 0 bridgehead atoms. The lowest BCUT2D eigenvalue weighted by molar-refractivity contribution is 0.272. The highest BCUT2D eigenvalue weighted by Gasteiger charge is 2.19. The Kier molecular flexibility index (Phi) is 3.77. The Morgan fingerprint density at radius 3 is 3.10 bits per heavy atom. The normalized spacial score (nSPS) is 20.4. The highest BCUT2D eigenvalue weighted by Crippen LogP contribution is 2.21. The predicted octanol–water partition coefficient (Wildman–Crippen LogP) is 0.586. The van der Waals surface area contributed by atoms with Gasteiger partial charge in [-0.3, -0.25) is 9.58 Å². The van der Waals surface area contributed by atoms with E-state index in [0.717, 1.165) is 42.2 Å². The summed E-state index contributed by atoms with van der Waals surface area (Å²) in [4.78, 5) is 11.5. The highest BCUT2D eigenvalue weighted by molar-refractivity contribution is 7.99. The summed E-state index contributed by atoms with van der Waals surface area (Å²) in [5, 5.41) is 5.72. The Morgan fingerprint density at radius 1 is 1.50 bits per heavy atom. The minimum atomic E-state index is 0.637. The summed E-state index contributed by atoms with van der Waals surface area (Å²) < 4.78 is 1.75. The Bertz CT molecular complexity index is 611. The van der Waals surface area contributed by atoms with Gasteiger partial charge in [0.1, 0.15) is 5.82 Å². The third-order valence-electron chi connectivity index (χ3n) is 3.47. The number of rotatable bonds is 3. The molecule has 3 heterocycles. The smallest absolute Gasteiger partial charge is 0.163 e. The lowest BCUT2D eigenvalue weighted by Crippen LogP contribution is -2.36. The summed E-state index contributed by atoms with van der Waals surface area (Å²) >= 11 is 2.02. The highest BCUT2D eigenvalue weighted by atomic mass is 32.2. The molecule has 20 heavy (non-hydrogen) atoms. The Morgan fingerprint density at radius 2 is 2.35 bits per heavy atom. The summed E-state index contributed by atoms with van der Waals surface area (Å²) in [5.41, 5.74) is 3.45. The zero-order valence-electron chi connectivity index (χ0n) is 11.7. The summed E-state index contributed by atoms with van der Waals surface area (Å²) in [6.07, 6.45) is 1.73. The molecule has 3 rings (SSSR count). The van der Waals surface area contributed by atoms with Crippen LogP contribution in [0.4, 0.5) is 5.82 Å². The largest absolute Gasteiger partial charge is 0.308 e. The Hall–Kier alpha value is -1.38. The molecule has 1 fully saturated rings. The fourth-order valence-corrected chi connectivity index (χ4v) is 3.56. The van der Waals surface area contributed by atoms with E-state index in [1.807, 2.05) is 18.8 Å². The molecule has 0 aromatic carbocycles. The molecule has 3 N–H and O–H groups in total. The molecule has 0 spiro atoms. The van der Waals surface area contributed by atoms with Gasteiger partial charge in [0.15, 0.2) is 11.5 Å². The van der Waals surface area contributed by atoms with Crippen LogP contribution in [0.25, 0.3) is 11.0 Å². The molecule has 1 aliphatic heterocycles. The van der Waals surface area contributed by atoms with Gasteiger partial charge in [-0.1, -0.05) is 6.92 Å². The zero-order valence-corrected chi connectivity index (χ0v) is 12.5. The van der Waals surface area contributed by atoms with E-state index in [1.54, 1.807) is 10.9 Å². The molecule has 7 nitrogen and oxygen atoms in total. The average molecular weight is 293 g/mol. The number of fused-ring (bicyclic) bond motifs is 1. The van der Waals surface area contributed by atoms with Gasteiger partial charge in [-0.25, -0.2) is 15.8 Å².